The van der Waals surface area contributed by atoms with E-state index in [2.05, 4.69) is 20.2 Å². The fraction of sp³-hybridized carbons (Fsp3) is 0.600. The summed E-state index contributed by atoms with van der Waals surface area (Å²) in [4.78, 5) is 10.8. The molecule has 5 nitrogen and oxygen atoms in total. The van der Waals surface area contributed by atoms with E-state index >= 15 is 0 Å². The van der Waals surface area contributed by atoms with Gasteiger partial charge < -0.3 is 16.0 Å². The van der Waals surface area contributed by atoms with Gasteiger partial charge in [0, 0.05) is 50.2 Å². The molecule has 3 N–H and O–H groups in total. The largest absolute Gasteiger partial charge is 0.338 e. The molecule has 90 valence electrons. The van der Waals surface area contributed by atoms with Gasteiger partial charge in [-0.25, -0.2) is 9.97 Å². The molecule has 1 aliphatic heterocycles. The molecule has 16 heavy (non-hydrogen) atoms. The van der Waals surface area contributed by atoms with Crippen LogP contribution >= 0.6 is 12.4 Å². The summed E-state index contributed by atoms with van der Waals surface area (Å²) in [5.74, 6) is 0.806. The molecule has 0 radical (unpaired) electrons. The van der Waals surface area contributed by atoms with Crippen molar-refractivity contribution in [3.05, 3.63) is 18.0 Å². The molecular formula is C10H18ClN5. The highest BCUT2D eigenvalue weighted by Crippen LogP contribution is 2.11. The van der Waals surface area contributed by atoms with E-state index in [0.717, 1.165) is 37.7 Å². The lowest BCUT2D eigenvalue weighted by Crippen LogP contribution is -2.44. The number of anilines is 1. The van der Waals surface area contributed by atoms with Crippen LogP contribution in [0.5, 0.6) is 0 Å². The number of nitrogens with two attached hydrogens (primary N) is 1. The van der Waals surface area contributed by atoms with Crippen LogP contribution in [0.3, 0.4) is 0 Å². The van der Waals surface area contributed by atoms with E-state index in [-0.39, 0.29) is 18.4 Å². The molecule has 2 rings (SSSR count). The Labute approximate surface area is 102 Å². The number of halogens is 1. The molecule has 1 saturated heterocycles. The number of piperazine rings is 1. The van der Waals surface area contributed by atoms with Crippen LogP contribution in [0.1, 0.15) is 18.5 Å². The van der Waals surface area contributed by atoms with Crippen molar-refractivity contribution in [3.8, 4) is 0 Å². The average Bonchev–Trinajstić information content (AvgIpc) is 2.30. The zero-order chi connectivity index (χ0) is 10.7. The average molecular weight is 244 g/mol. The number of nitrogens with one attached hydrogen (secondary N) is 1. The van der Waals surface area contributed by atoms with Gasteiger partial charge in [0.1, 0.15) is 0 Å². The summed E-state index contributed by atoms with van der Waals surface area (Å²) in [6.45, 7) is 5.87. The van der Waals surface area contributed by atoms with Gasteiger partial charge in [0.05, 0.1) is 0 Å². The van der Waals surface area contributed by atoms with Crippen LogP contribution in [0.2, 0.25) is 0 Å². The topological polar surface area (TPSA) is 67.1 Å². The first-order valence-corrected chi connectivity index (χ1v) is 5.30. The molecule has 1 aromatic rings. The van der Waals surface area contributed by atoms with E-state index in [1.54, 1.807) is 0 Å². The maximum atomic E-state index is 5.74. The van der Waals surface area contributed by atoms with Gasteiger partial charge in [-0.05, 0) is 6.92 Å². The van der Waals surface area contributed by atoms with Crippen LogP contribution in [0.25, 0.3) is 0 Å². The van der Waals surface area contributed by atoms with E-state index in [4.69, 9.17) is 5.73 Å². The summed E-state index contributed by atoms with van der Waals surface area (Å²) in [6, 6.07) is 0.00192. The van der Waals surface area contributed by atoms with Crippen molar-refractivity contribution in [1.29, 1.82) is 0 Å². The number of nitrogens with zero attached hydrogens (tertiary/aromatic N) is 3. The monoisotopic (exact) mass is 243 g/mol. The SMILES string of the molecule is CC(N)c1cnc(N2CCNCC2)nc1.Cl. The summed E-state index contributed by atoms with van der Waals surface area (Å²) in [5.41, 5.74) is 6.72. The molecule has 0 aliphatic carbocycles. The zero-order valence-corrected chi connectivity index (χ0v) is 10.2. The van der Waals surface area contributed by atoms with Gasteiger partial charge in [0.2, 0.25) is 5.95 Å². The predicted octanol–water partition coefficient (Wildman–Crippen LogP) is 0.328. The Morgan fingerprint density at radius 2 is 1.88 bits per heavy atom. The first-order valence-electron chi connectivity index (χ1n) is 5.30. The first-order chi connectivity index (χ1) is 7.27. The van der Waals surface area contributed by atoms with Crippen molar-refractivity contribution in [3.63, 3.8) is 0 Å². The Hall–Kier alpha value is -0.910. The fourth-order valence-electron chi connectivity index (χ4n) is 1.59. The third-order valence-electron chi connectivity index (χ3n) is 2.58. The number of hydrogen-bond acceptors (Lipinski definition) is 5. The van der Waals surface area contributed by atoms with Crippen molar-refractivity contribution >= 4 is 18.4 Å². The van der Waals surface area contributed by atoms with Crippen LogP contribution in [-0.4, -0.2) is 36.1 Å². The molecule has 0 bridgehead atoms. The lowest BCUT2D eigenvalue weighted by molar-refractivity contribution is 0.579. The van der Waals surface area contributed by atoms with E-state index in [9.17, 15) is 0 Å². The van der Waals surface area contributed by atoms with Crippen molar-refractivity contribution in [2.24, 2.45) is 5.73 Å². The smallest absolute Gasteiger partial charge is 0.225 e. The minimum atomic E-state index is 0. The Kier molecular flexibility index (Phi) is 4.92. The summed E-state index contributed by atoms with van der Waals surface area (Å²) in [7, 11) is 0. The molecule has 1 fully saturated rings. The second-order valence-electron chi connectivity index (χ2n) is 3.84. The minimum absolute atomic E-state index is 0. The Morgan fingerprint density at radius 3 is 2.38 bits per heavy atom. The Balaban J connectivity index is 0.00000128. The molecule has 0 spiro atoms. The maximum Gasteiger partial charge on any atom is 0.225 e. The fourth-order valence-corrected chi connectivity index (χ4v) is 1.59. The summed E-state index contributed by atoms with van der Waals surface area (Å²) >= 11 is 0. The highest BCUT2D eigenvalue weighted by molar-refractivity contribution is 5.85. The zero-order valence-electron chi connectivity index (χ0n) is 9.39. The lowest BCUT2D eigenvalue weighted by atomic mass is 10.2. The summed E-state index contributed by atoms with van der Waals surface area (Å²) < 4.78 is 0. The molecule has 6 heteroatoms. The van der Waals surface area contributed by atoms with Crippen molar-refractivity contribution in [2.75, 3.05) is 31.1 Å². The highest BCUT2D eigenvalue weighted by Gasteiger charge is 2.12. The Morgan fingerprint density at radius 1 is 1.31 bits per heavy atom. The van der Waals surface area contributed by atoms with E-state index in [1.807, 2.05) is 19.3 Å². The quantitative estimate of drug-likeness (QED) is 0.784. The van der Waals surface area contributed by atoms with Gasteiger partial charge in [-0.15, -0.1) is 12.4 Å². The first kappa shape index (κ1) is 13.2. The molecule has 2 heterocycles. The second-order valence-corrected chi connectivity index (χ2v) is 3.84. The molecule has 1 aromatic heterocycles. The van der Waals surface area contributed by atoms with Gasteiger partial charge >= 0.3 is 0 Å². The predicted molar refractivity (Wildman–Crippen MR) is 67.0 cm³/mol. The number of aromatic nitrogens is 2. The maximum absolute atomic E-state index is 5.74. The summed E-state index contributed by atoms with van der Waals surface area (Å²) in [5, 5.41) is 3.30. The van der Waals surface area contributed by atoms with Crippen molar-refractivity contribution in [2.45, 2.75) is 13.0 Å². The van der Waals surface area contributed by atoms with Crippen LogP contribution in [0, 0.1) is 0 Å². The molecule has 0 aromatic carbocycles. The third-order valence-corrected chi connectivity index (χ3v) is 2.58. The molecule has 1 atom stereocenters. The van der Waals surface area contributed by atoms with Gasteiger partial charge in [0.15, 0.2) is 0 Å². The van der Waals surface area contributed by atoms with E-state index < -0.39 is 0 Å². The minimum Gasteiger partial charge on any atom is -0.338 e. The van der Waals surface area contributed by atoms with Crippen LogP contribution < -0.4 is 16.0 Å². The standard InChI is InChI=1S/C10H17N5.ClH/c1-8(11)9-6-13-10(14-7-9)15-4-2-12-3-5-15;/h6-8,12H,2-5,11H2,1H3;1H. The Bertz CT molecular complexity index is 307. The lowest BCUT2D eigenvalue weighted by Gasteiger charge is -2.27. The van der Waals surface area contributed by atoms with Crippen molar-refractivity contribution in [1.82, 2.24) is 15.3 Å². The normalized spacial score (nSPS) is 17.8. The van der Waals surface area contributed by atoms with Crippen LogP contribution in [0.15, 0.2) is 12.4 Å². The van der Waals surface area contributed by atoms with E-state index in [0.29, 0.717) is 0 Å². The number of hydrogen-bond donors (Lipinski definition) is 2. The van der Waals surface area contributed by atoms with Crippen LogP contribution in [-0.2, 0) is 0 Å². The third kappa shape index (κ3) is 3.04. The van der Waals surface area contributed by atoms with Gasteiger partial charge in [-0.1, -0.05) is 0 Å². The molecule has 1 aliphatic rings. The molecular weight excluding hydrogens is 226 g/mol. The van der Waals surface area contributed by atoms with Gasteiger partial charge in [-0.3, -0.25) is 0 Å². The van der Waals surface area contributed by atoms with Crippen molar-refractivity contribution < 1.29 is 0 Å². The molecule has 1 unspecified atom stereocenters. The molecule has 0 amide bonds. The van der Waals surface area contributed by atoms with Crippen LogP contribution in [0.4, 0.5) is 5.95 Å². The number of rotatable bonds is 2. The summed E-state index contributed by atoms with van der Waals surface area (Å²) in [6.07, 6.45) is 3.63. The molecule has 0 saturated carbocycles. The van der Waals surface area contributed by atoms with Gasteiger partial charge in [0.25, 0.3) is 0 Å². The van der Waals surface area contributed by atoms with Gasteiger partial charge in [-0.2, -0.15) is 0 Å². The van der Waals surface area contributed by atoms with E-state index in [1.165, 1.54) is 0 Å². The highest BCUT2D eigenvalue weighted by atomic mass is 35.5. The second kappa shape index (κ2) is 5.98.